The molecule has 1 rings (SSSR count). The highest BCUT2D eigenvalue weighted by Gasteiger charge is 2.63. The minimum atomic E-state index is -4.78. The number of carboxylic acids is 1. The van der Waals surface area contributed by atoms with E-state index in [2.05, 4.69) is 5.32 Å². The quantitative estimate of drug-likeness (QED) is 0.801. The lowest BCUT2D eigenvalue weighted by Gasteiger charge is -2.27. The third kappa shape index (κ3) is 3.62. The maximum absolute atomic E-state index is 12.9. The number of nitrogens with one attached hydrogen (secondary N) is 1. The molecule has 2 N–H and O–H groups in total. The van der Waals surface area contributed by atoms with E-state index in [0.29, 0.717) is 0 Å². The number of rotatable bonds is 5. The first-order valence-electron chi connectivity index (χ1n) is 6.40. The number of nitrogens with zero attached hydrogens (tertiary/aromatic N) is 1. The Morgan fingerprint density at radius 3 is 2.40 bits per heavy atom. The molecule has 0 aromatic rings. The molecule has 8 heteroatoms. The first-order chi connectivity index (χ1) is 9.08. The summed E-state index contributed by atoms with van der Waals surface area (Å²) >= 11 is 0. The number of carbonyl (C=O) groups excluding carboxylic acids is 1. The summed E-state index contributed by atoms with van der Waals surface area (Å²) in [5.41, 5.74) is -2.71. The standard InChI is InChI=1S/C12H19F3N2O3/c1-8(2)16-9(18)3-5-17-6-4-11(7-17,10(19)20)12(13,14)15/h8H,3-7H2,1-2H3,(H,16,18)(H,19,20). The number of likely N-dealkylation sites (tertiary alicyclic amines) is 1. The number of aliphatic carboxylic acids is 1. The second kappa shape index (κ2) is 5.99. The molecule has 1 amide bonds. The van der Waals surface area contributed by atoms with Crippen LogP contribution >= 0.6 is 0 Å². The molecule has 1 atom stereocenters. The Bertz CT molecular complexity index is 385. The smallest absolute Gasteiger partial charge is 0.406 e. The molecule has 0 radical (unpaired) electrons. The maximum atomic E-state index is 12.9. The van der Waals surface area contributed by atoms with Crippen molar-refractivity contribution in [3.05, 3.63) is 0 Å². The number of halogens is 3. The van der Waals surface area contributed by atoms with Crippen molar-refractivity contribution in [1.82, 2.24) is 10.2 Å². The van der Waals surface area contributed by atoms with Crippen molar-refractivity contribution in [1.29, 1.82) is 0 Å². The van der Waals surface area contributed by atoms with Crippen LogP contribution in [-0.2, 0) is 9.59 Å². The van der Waals surface area contributed by atoms with Crippen LogP contribution in [0.4, 0.5) is 13.2 Å². The maximum Gasteiger partial charge on any atom is 0.406 e. The molecule has 1 saturated heterocycles. The van der Waals surface area contributed by atoms with Gasteiger partial charge in [0.2, 0.25) is 5.91 Å². The van der Waals surface area contributed by atoms with Gasteiger partial charge in [-0.05, 0) is 26.8 Å². The lowest BCUT2D eigenvalue weighted by atomic mass is 9.86. The molecule has 0 spiro atoms. The monoisotopic (exact) mass is 296 g/mol. The van der Waals surface area contributed by atoms with Crippen molar-refractivity contribution >= 4 is 11.9 Å². The highest BCUT2D eigenvalue weighted by molar-refractivity contribution is 5.77. The van der Waals surface area contributed by atoms with Crippen LogP contribution < -0.4 is 5.32 Å². The molecule has 1 fully saturated rings. The van der Waals surface area contributed by atoms with Crippen molar-refractivity contribution in [2.75, 3.05) is 19.6 Å². The van der Waals surface area contributed by atoms with Crippen LogP contribution in [0.5, 0.6) is 0 Å². The van der Waals surface area contributed by atoms with Gasteiger partial charge in [-0.1, -0.05) is 0 Å². The van der Waals surface area contributed by atoms with Crippen molar-refractivity contribution in [3.63, 3.8) is 0 Å². The molecule has 0 bridgehead atoms. The van der Waals surface area contributed by atoms with Gasteiger partial charge in [0.25, 0.3) is 0 Å². The molecule has 1 aliphatic rings. The summed E-state index contributed by atoms with van der Waals surface area (Å²) in [6.45, 7) is 3.13. The number of hydrogen-bond donors (Lipinski definition) is 2. The van der Waals surface area contributed by atoms with Gasteiger partial charge >= 0.3 is 12.1 Å². The van der Waals surface area contributed by atoms with E-state index in [-0.39, 0.29) is 31.5 Å². The van der Waals surface area contributed by atoms with Crippen LogP contribution in [0.1, 0.15) is 26.7 Å². The van der Waals surface area contributed by atoms with Gasteiger partial charge in [-0.15, -0.1) is 0 Å². The number of carbonyl (C=O) groups is 2. The molecular weight excluding hydrogens is 277 g/mol. The Kier molecular flexibility index (Phi) is 5.01. The lowest BCUT2D eigenvalue weighted by Crippen LogP contribution is -2.47. The van der Waals surface area contributed by atoms with Gasteiger partial charge in [-0.3, -0.25) is 9.59 Å². The molecule has 0 aromatic heterocycles. The minimum absolute atomic E-state index is 0.0285. The highest BCUT2D eigenvalue weighted by atomic mass is 19.4. The number of alkyl halides is 3. The largest absolute Gasteiger partial charge is 0.481 e. The molecule has 0 aliphatic carbocycles. The molecule has 5 nitrogen and oxygen atoms in total. The summed E-state index contributed by atoms with van der Waals surface area (Å²) in [7, 11) is 0. The average molecular weight is 296 g/mol. The summed E-state index contributed by atoms with van der Waals surface area (Å²) in [4.78, 5) is 23.8. The van der Waals surface area contributed by atoms with Crippen LogP contribution in [0.15, 0.2) is 0 Å². The Balaban J connectivity index is 2.58. The Morgan fingerprint density at radius 1 is 1.40 bits per heavy atom. The van der Waals surface area contributed by atoms with Crippen LogP contribution in [-0.4, -0.2) is 53.7 Å². The summed E-state index contributed by atoms with van der Waals surface area (Å²) < 4.78 is 38.8. The van der Waals surface area contributed by atoms with E-state index in [1.165, 1.54) is 4.90 Å². The van der Waals surface area contributed by atoms with Crippen molar-refractivity contribution < 1.29 is 27.9 Å². The normalized spacial score (nSPS) is 24.1. The fraction of sp³-hybridized carbons (Fsp3) is 0.833. The number of amides is 1. The van der Waals surface area contributed by atoms with E-state index in [9.17, 15) is 22.8 Å². The highest BCUT2D eigenvalue weighted by Crippen LogP contribution is 2.45. The zero-order valence-corrected chi connectivity index (χ0v) is 11.5. The summed E-state index contributed by atoms with van der Waals surface area (Å²) in [5.74, 6) is -2.10. The molecule has 20 heavy (non-hydrogen) atoms. The molecule has 1 unspecified atom stereocenters. The zero-order valence-electron chi connectivity index (χ0n) is 11.5. The van der Waals surface area contributed by atoms with Gasteiger partial charge in [0.1, 0.15) is 0 Å². The molecule has 116 valence electrons. The van der Waals surface area contributed by atoms with Gasteiger partial charge in [-0.25, -0.2) is 0 Å². The van der Waals surface area contributed by atoms with E-state index in [4.69, 9.17) is 5.11 Å². The summed E-state index contributed by atoms with van der Waals surface area (Å²) in [5, 5.41) is 11.5. The van der Waals surface area contributed by atoms with Gasteiger partial charge in [0.15, 0.2) is 5.41 Å². The van der Waals surface area contributed by atoms with Crippen LogP contribution in [0.2, 0.25) is 0 Å². The Morgan fingerprint density at radius 2 is 2.00 bits per heavy atom. The molecule has 0 saturated carbocycles. The predicted octanol–water partition coefficient (Wildman–Crippen LogP) is 1.24. The summed E-state index contributed by atoms with van der Waals surface area (Å²) in [6, 6.07) is -0.0330. The third-order valence-electron chi connectivity index (χ3n) is 3.41. The Hall–Kier alpha value is -1.31. The van der Waals surface area contributed by atoms with E-state index < -0.39 is 30.5 Å². The summed E-state index contributed by atoms with van der Waals surface area (Å²) in [6.07, 6.45) is -5.20. The van der Waals surface area contributed by atoms with Crippen LogP contribution in [0, 0.1) is 5.41 Å². The van der Waals surface area contributed by atoms with Crippen molar-refractivity contribution in [2.24, 2.45) is 5.41 Å². The fourth-order valence-electron chi connectivity index (χ4n) is 2.26. The van der Waals surface area contributed by atoms with Crippen LogP contribution in [0.3, 0.4) is 0 Å². The van der Waals surface area contributed by atoms with Gasteiger partial charge in [-0.2, -0.15) is 13.2 Å². The molecule has 0 aromatic carbocycles. The van der Waals surface area contributed by atoms with Gasteiger partial charge < -0.3 is 15.3 Å². The third-order valence-corrected chi connectivity index (χ3v) is 3.41. The van der Waals surface area contributed by atoms with Crippen LogP contribution in [0.25, 0.3) is 0 Å². The molecular formula is C12H19F3N2O3. The zero-order chi connectivity index (χ0) is 15.6. The second-order valence-corrected chi connectivity index (χ2v) is 5.38. The first-order valence-corrected chi connectivity index (χ1v) is 6.40. The lowest BCUT2D eigenvalue weighted by molar-refractivity contribution is -0.227. The number of hydrogen-bond acceptors (Lipinski definition) is 3. The first kappa shape index (κ1) is 16.7. The SMILES string of the molecule is CC(C)NC(=O)CCN1CCC(C(=O)O)(C(F)(F)F)C1. The minimum Gasteiger partial charge on any atom is -0.481 e. The van der Waals surface area contributed by atoms with E-state index in [1.54, 1.807) is 13.8 Å². The Labute approximate surface area is 115 Å². The molecule has 1 aliphatic heterocycles. The average Bonchev–Trinajstić information content (AvgIpc) is 2.70. The van der Waals surface area contributed by atoms with E-state index in [0.717, 1.165) is 0 Å². The van der Waals surface area contributed by atoms with Crippen molar-refractivity contribution in [2.45, 2.75) is 38.9 Å². The number of carboxylic acid groups (broad SMARTS) is 1. The van der Waals surface area contributed by atoms with E-state index >= 15 is 0 Å². The van der Waals surface area contributed by atoms with Crippen molar-refractivity contribution in [3.8, 4) is 0 Å². The van der Waals surface area contributed by atoms with E-state index in [1.807, 2.05) is 0 Å². The molecule has 1 heterocycles. The second-order valence-electron chi connectivity index (χ2n) is 5.38. The fourth-order valence-corrected chi connectivity index (χ4v) is 2.26. The topological polar surface area (TPSA) is 69.6 Å². The van der Waals surface area contributed by atoms with Gasteiger partial charge in [0, 0.05) is 25.6 Å². The van der Waals surface area contributed by atoms with Gasteiger partial charge in [0.05, 0.1) is 0 Å². The predicted molar refractivity (Wildman–Crippen MR) is 65.1 cm³/mol.